The van der Waals surface area contributed by atoms with Crippen LogP contribution >= 0.6 is 0 Å². The van der Waals surface area contributed by atoms with Crippen molar-refractivity contribution < 1.29 is 14.7 Å². The molecule has 0 aliphatic heterocycles. The summed E-state index contributed by atoms with van der Waals surface area (Å²) in [5.41, 5.74) is 1.47. The molecule has 0 radical (unpaired) electrons. The molecule has 0 aliphatic carbocycles. The van der Waals surface area contributed by atoms with Crippen molar-refractivity contribution in [3.05, 3.63) is 35.2 Å². The van der Waals surface area contributed by atoms with Gasteiger partial charge in [-0.3, -0.25) is 4.79 Å². The monoisotopic (exact) mass is 234 g/mol. The number of rotatable bonds is 4. The number of pyridine rings is 1. The highest BCUT2D eigenvalue weighted by molar-refractivity contribution is 5.87. The van der Waals surface area contributed by atoms with Crippen LogP contribution in [0, 0.1) is 6.92 Å². The minimum absolute atomic E-state index is 0.0593. The Labute approximate surface area is 99.2 Å². The third kappa shape index (κ3) is 4.06. The molecule has 0 spiro atoms. The van der Waals surface area contributed by atoms with Gasteiger partial charge in [0.1, 0.15) is 0 Å². The minimum atomic E-state index is -1.03. The summed E-state index contributed by atoms with van der Waals surface area (Å²) in [6.07, 6.45) is 5.04. The van der Waals surface area contributed by atoms with Gasteiger partial charge < -0.3 is 10.4 Å². The van der Waals surface area contributed by atoms with Crippen molar-refractivity contribution in [1.82, 2.24) is 10.3 Å². The molecule has 0 saturated carbocycles. The normalized spacial score (nSPS) is 10.5. The van der Waals surface area contributed by atoms with Gasteiger partial charge in [0.15, 0.2) is 5.69 Å². The number of hydrogen-bond acceptors (Lipinski definition) is 3. The van der Waals surface area contributed by atoms with Gasteiger partial charge in [0.2, 0.25) is 5.91 Å². The highest BCUT2D eigenvalue weighted by Gasteiger charge is 2.07. The number of aryl methyl sites for hydroxylation is 1. The van der Waals surface area contributed by atoms with E-state index >= 15 is 0 Å². The van der Waals surface area contributed by atoms with E-state index < -0.39 is 5.97 Å². The standard InChI is InChI=1S/C12H14N2O3/c1-8-6-10(4-3-5-13-9(2)15)7-14-11(8)12(16)17/h3-4,6-7H,5H2,1-2H3,(H,13,15)(H,16,17). The molecular weight excluding hydrogens is 220 g/mol. The van der Waals surface area contributed by atoms with E-state index in [0.29, 0.717) is 12.1 Å². The van der Waals surface area contributed by atoms with Crippen molar-refractivity contribution in [3.63, 3.8) is 0 Å². The van der Waals surface area contributed by atoms with E-state index in [1.54, 1.807) is 25.1 Å². The van der Waals surface area contributed by atoms with Crippen LogP contribution in [0.15, 0.2) is 18.3 Å². The second-order valence-corrected chi connectivity index (χ2v) is 3.58. The molecule has 5 nitrogen and oxygen atoms in total. The van der Waals surface area contributed by atoms with E-state index in [-0.39, 0.29) is 11.6 Å². The second-order valence-electron chi connectivity index (χ2n) is 3.58. The molecule has 1 amide bonds. The van der Waals surface area contributed by atoms with Crippen LogP contribution in [0.25, 0.3) is 6.08 Å². The molecule has 0 fully saturated rings. The van der Waals surface area contributed by atoms with Gasteiger partial charge in [-0.15, -0.1) is 0 Å². The van der Waals surface area contributed by atoms with Gasteiger partial charge >= 0.3 is 5.97 Å². The van der Waals surface area contributed by atoms with Gasteiger partial charge in [-0.05, 0) is 24.1 Å². The largest absolute Gasteiger partial charge is 0.477 e. The third-order valence-corrected chi connectivity index (χ3v) is 2.08. The summed E-state index contributed by atoms with van der Waals surface area (Å²) in [7, 11) is 0. The zero-order chi connectivity index (χ0) is 12.8. The Morgan fingerprint density at radius 2 is 2.24 bits per heavy atom. The smallest absolute Gasteiger partial charge is 0.354 e. The van der Waals surface area contributed by atoms with Crippen molar-refractivity contribution in [2.45, 2.75) is 13.8 Å². The summed E-state index contributed by atoms with van der Waals surface area (Å²) in [6, 6.07) is 1.74. The van der Waals surface area contributed by atoms with Crippen molar-refractivity contribution in [1.29, 1.82) is 0 Å². The Balaban J connectivity index is 2.70. The zero-order valence-corrected chi connectivity index (χ0v) is 9.73. The van der Waals surface area contributed by atoms with Crippen LogP contribution < -0.4 is 5.32 Å². The van der Waals surface area contributed by atoms with Crippen LogP contribution in [0.5, 0.6) is 0 Å². The van der Waals surface area contributed by atoms with Crippen LogP contribution in [0.3, 0.4) is 0 Å². The van der Waals surface area contributed by atoms with Crippen LogP contribution in [-0.2, 0) is 4.79 Å². The summed E-state index contributed by atoms with van der Waals surface area (Å²) in [6.45, 7) is 3.58. The topological polar surface area (TPSA) is 79.3 Å². The van der Waals surface area contributed by atoms with Gasteiger partial charge in [-0.1, -0.05) is 12.2 Å². The molecule has 90 valence electrons. The fourth-order valence-electron chi connectivity index (χ4n) is 1.31. The molecule has 1 heterocycles. The average molecular weight is 234 g/mol. The lowest BCUT2D eigenvalue weighted by molar-refractivity contribution is -0.118. The lowest BCUT2D eigenvalue weighted by atomic mass is 10.1. The maximum atomic E-state index is 10.7. The predicted molar refractivity (Wildman–Crippen MR) is 63.7 cm³/mol. The first kappa shape index (κ1) is 12.9. The number of amides is 1. The lowest BCUT2D eigenvalue weighted by Gasteiger charge is -2.01. The van der Waals surface area contributed by atoms with Gasteiger partial charge in [0.25, 0.3) is 0 Å². The van der Waals surface area contributed by atoms with E-state index in [4.69, 9.17) is 5.11 Å². The molecule has 2 N–H and O–H groups in total. The molecule has 0 aromatic carbocycles. The summed E-state index contributed by atoms with van der Waals surface area (Å²) < 4.78 is 0. The van der Waals surface area contributed by atoms with E-state index in [0.717, 1.165) is 5.56 Å². The van der Waals surface area contributed by atoms with E-state index in [1.165, 1.54) is 13.1 Å². The number of nitrogens with one attached hydrogen (secondary N) is 1. The predicted octanol–water partition coefficient (Wildman–Crippen LogP) is 1.24. The maximum absolute atomic E-state index is 10.7. The number of carboxylic acids is 1. The molecule has 17 heavy (non-hydrogen) atoms. The summed E-state index contributed by atoms with van der Waals surface area (Å²) >= 11 is 0. The van der Waals surface area contributed by atoms with Crippen molar-refractivity contribution in [2.75, 3.05) is 6.54 Å². The number of hydrogen-bond donors (Lipinski definition) is 2. The zero-order valence-electron chi connectivity index (χ0n) is 9.73. The first-order valence-electron chi connectivity index (χ1n) is 5.11. The Bertz CT molecular complexity index is 467. The van der Waals surface area contributed by atoms with E-state index in [2.05, 4.69) is 10.3 Å². The first-order valence-corrected chi connectivity index (χ1v) is 5.11. The molecule has 0 atom stereocenters. The summed E-state index contributed by atoms with van der Waals surface area (Å²) in [5.74, 6) is -1.12. The average Bonchev–Trinajstić information content (AvgIpc) is 2.23. The summed E-state index contributed by atoms with van der Waals surface area (Å²) in [4.78, 5) is 25.2. The van der Waals surface area contributed by atoms with Crippen molar-refractivity contribution >= 4 is 18.0 Å². The highest BCUT2D eigenvalue weighted by Crippen LogP contribution is 2.08. The SMILES string of the molecule is CC(=O)NCC=Cc1cnc(C(=O)O)c(C)c1. The van der Waals surface area contributed by atoms with Gasteiger partial charge in [-0.2, -0.15) is 0 Å². The molecule has 0 bridgehead atoms. The van der Waals surface area contributed by atoms with Crippen LogP contribution in [-0.4, -0.2) is 28.5 Å². The van der Waals surface area contributed by atoms with Crippen molar-refractivity contribution in [3.8, 4) is 0 Å². The van der Waals surface area contributed by atoms with E-state index in [9.17, 15) is 9.59 Å². The number of aromatic carboxylic acids is 1. The second kappa shape index (κ2) is 5.79. The molecule has 1 rings (SSSR count). The number of carbonyl (C=O) groups is 2. The van der Waals surface area contributed by atoms with Crippen molar-refractivity contribution in [2.24, 2.45) is 0 Å². The molecule has 1 aromatic heterocycles. The quantitative estimate of drug-likeness (QED) is 0.821. The highest BCUT2D eigenvalue weighted by atomic mass is 16.4. The van der Waals surface area contributed by atoms with Gasteiger partial charge in [0.05, 0.1) is 0 Å². The fraction of sp³-hybridized carbons (Fsp3) is 0.250. The van der Waals surface area contributed by atoms with Crippen LogP contribution in [0.2, 0.25) is 0 Å². The first-order chi connectivity index (χ1) is 8.00. The lowest BCUT2D eigenvalue weighted by Crippen LogP contribution is -2.19. The minimum Gasteiger partial charge on any atom is -0.477 e. The molecule has 0 aliphatic rings. The number of carboxylic acid groups (broad SMARTS) is 1. The molecule has 1 aromatic rings. The molecule has 5 heteroatoms. The molecule has 0 saturated heterocycles. The Kier molecular flexibility index (Phi) is 4.39. The Morgan fingerprint density at radius 1 is 1.53 bits per heavy atom. The molecular formula is C12H14N2O3. The van der Waals surface area contributed by atoms with Crippen LogP contribution in [0.1, 0.15) is 28.5 Å². The Hall–Kier alpha value is -2.17. The third-order valence-electron chi connectivity index (χ3n) is 2.08. The van der Waals surface area contributed by atoms with Gasteiger partial charge in [0, 0.05) is 19.7 Å². The maximum Gasteiger partial charge on any atom is 0.354 e. The molecule has 0 unspecified atom stereocenters. The van der Waals surface area contributed by atoms with Gasteiger partial charge in [-0.25, -0.2) is 9.78 Å². The van der Waals surface area contributed by atoms with E-state index in [1.807, 2.05) is 0 Å². The van der Waals surface area contributed by atoms with Crippen LogP contribution in [0.4, 0.5) is 0 Å². The number of carbonyl (C=O) groups excluding carboxylic acids is 1. The fourth-order valence-corrected chi connectivity index (χ4v) is 1.31. The summed E-state index contributed by atoms with van der Waals surface area (Å²) in [5, 5.41) is 11.4. The number of aromatic nitrogens is 1. The Morgan fingerprint density at radius 3 is 2.76 bits per heavy atom. The number of nitrogens with zero attached hydrogens (tertiary/aromatic N) is 1.